The van der Waals surface area contributed by atoms with Gasteiger partial charge in [-0.1, -0.05) is 6.07 Å². The summed E-state index contributed by atoms with van der Waals surface area (Å²) in [7, 11) is -0.350. The standard InChI is InChI=1S/C17H19N5O3S/c1-19-8-9-22(2)26(24,25)16-5-3-4-14(11-16)20-21-15-6-7-17(23)13(10-15)12-18/h3-7,10-11,19,23H,8-9H2,1-2H3. The van der Waals surface area contributed by atoms with Crippen molar-refractivity contribution in [1.29, 1.82) is 5.26 Å². The Morgan fingerprint density at radius 2 is 1.88 bits per heavy atom. The van der Waals surface area contributed by atoms with Crippen LogP contribution in [0.2, 0.25) is 0 Å². The summed E-state index contributed by atoms with van der Waals surface area (Å²) in [5.74, 6) is -0.135. The van der Waals surface area contributed by atoms with Crippen LogP contribution in [0, 0.1) is 11.3 Å². The van der Waals surface area contributed by atoms with Gasteiger partial charge in [-0.05, 0) is 43.4 Å². The van der Waals surface area contributed by atoms with E-state index in [1.807, 2.05) is 6.07 Å². The van der Waals surface area contributed by atoms with Gasteiger partial charge in [0.15, 0.2) is 0 Å². The van der Waals surface area contributed by atoms with Crippen molar-refractivity contribution in [2.45, 2.75) is 4.90 Å². The number of azo groups is 1. The molecule has 0 aliphatic carbocycles. The summed E-state index contributed by atoms with van der Waals surface area (Å²) >= 11 is 0. The third kappa shape index (κ3) is 4.64. The van der Waals surface area contributed by atoms with Crippen molar-refractivity contribution in [1.82, 2.24) is 9.62 Å². The summed E-state index contributed by atoms with van der Waals surface area (Å²) in [6.45, 7) is 0.881. The van der Waals surface area contributed by atoms with Crippen LogP contribution in [0.4, 0.5) is 11.4 Å². The second-order valence-corrected chi connectivity index (χ2v) is 7.49. The maximum Gasteiger partial charge on any atom is 0.242 e. The Labute approximate surface area is 152 Å². The number of aromatic hydroxyl groups is 1. The molecular formula is C17H19N5O3S. The molecule has 0 fully saturated rings. The normalized spacial score (nSPS) is 11.8. The Balaban J connectivity index is 2.25. The lowest BCUT2D eigenvalue weighted by molar-refractivity contribution is 0.466. The van der Waals surface area contributed by atoms with E-state index in [0.717, 1.165) is 0 Å². The molecule has 0 saturated heterocycles. The zero-order valence-electron chi connectivity index (χ0n) is 14.4. The molecule has 136 valence electrons. The lowest BCUT2D eigenvalue weighted by Gasteiger charge is -2.16. The molecule has 0 aliphatic heterocycles. The van der Waals surface area contributed by atoms with E-state index in [2.05, 4.69) is 15.5 Å². The second kappa shape index (κ2) is 8.53. The van der Waals surface area contributed by atoms with Gasteiger partial charge in [0.2, 0.25) is 10.0 Å². The molecule has 9 heteroatoms. The van der Waals surface area contributed by atoms with Gasteiger partial charge in [0.25, 0.3) is 0 Å². The van der Waals surface area contributed by atoms with Crippen LogP contribution in [0.15, 0.2) is 57.6 Å². The highest BCUT2D eigenvalue weighted by molar-refractivity contribution is 7.89. The average molecular weight is 373 g/mol. The number of nitriles is 1. The highest BCUT2D eigenvalue weighted by atomic mass is 32.2. The number of hydrogen-bond acceptors (Lipinski definition) is 7. The smallest absolute Gasteiger partial charge is 0.242 e. The van der Waals surface area contributed by atoms with Gasteiger partial charge in [-0.15, -0.1) is 0 Å². The number of likely N-dealkylation sites (N-methyl/N-ethyl adjacent to an activating group) is 2. The fourth-order valence-corrected chi connectivity index (χ4v) is 3.28. The first-order chi connectivity index (χ1) is 12.4. The first-order valence-corrected chi connectivity index (χ1v) is 9.18. The van der Waals surface area contributed by atoms with Crippen LogP contribution in [-0.2, 0) is 10.0 Å². The monoisotopic (exact) mass is 373 g/mol. The topological polar surface area (TPSA) is 118 Å². The van der Waals surface area contributed by atoms with Gasteiger partial charge in [0.05, 0.1) is 21.8 Å². The minimum Gasteiger partial charge on any atom is -0.507 e. The van der Waals surface area contributed by atoms with Crippen molar-refractivity contribution in [3.05, 3.63) is 48.0 Å². The summed E-state index contributed by atoms with van der Waals surface area (Å²) in [4.78, 5) is 0.121. The molecule has 0 aliphatic rings. The number of phenolic OH excluding ortho intramolecular Hbond substituents is 1. The fraction of sp³-hybridized carbons (Fsp3) is 0.235. The van der Waals surface area contributed by atoms with Crippen LogP contribution in [-0.4, -0.2) is 45.0 Å². The van der Waals surface area contributed by atoms with E-state index in [-0.39, 0.29) is 16.2 Å². The Bertz CT molecular complexity index is 951. The van der Waals surface area contributed by atoms with E-state index < -0.39 is 10.0 Å². The first-order valence-electron chi connectivity index (χ1n) is 7.74. The van der Waals surface area contributed by atoms with Gasteiger partial charge < -0.3 is 10.4 Å². The van der Waals surface area contributed by atoms with Crippen LogP contribution in [0.1, 0.15) is 5.56 Å². The van der Waals surface area contributed by atoms with Crippen LogP contribution >= 0.6 is 0 Å². The average Bonchev–Trinajstić information content (AvgIpc) is 2.65. The Kier molecular flexibility index (Phi) is 6.41. The van der Waals surface area contributed by atoms with Gasteiger partial charge in [-0.3, -0.25) is 0 Å². The quantitative estimate of drug-likeness (QED) is 0.723. The maximum atomic E-state index is 12.5. The van der Waals surface area contributed by atoms with E-state index in [4.69, 9.17) is 5.26 Å². The molecule has 0 spiro atoms. The SMILES string of the molecule is CNCCN(C)S(=O)(=O)c1cccc(N=Nc2ccc(O)c(C#N)c2)c1. The van der Waals surface area contributed by atoms with Gasteiger partial charge in [0.1, 0.15) is 11.8 Å². The van der Waals surface area contributed by atoms with Crippen LogP contribution < -0.4 is 5.32 Å². The largest absolute Gasteiger partial charge is 0.507 e. The summed E-state index contributed by atoms with van der Waals surface area (Å²) < 4.78 is 26.4. The van der Waals surface area contributed by atoms with E-state index in [9.17, 15) is 13.5 Å². The zero-order chi connectivity index (χ0) is 19.2. The van der Waals surface area contributed by atoms with Gasteiger partial charge in [0, 0.05) is 20.1 Å². The molecule has 0 atom stereocenters. The molecule has 2 rings (SSSR count). The molecule has 26 heavy (non-hydrogen) atoms. The van der Waals surface area contributed by atoms with Crippen LogP contribution in [0.5, 0.6) is 5.75 Å². The van der Waals surface area contributed by atoms with E-state index in [1.54, 1.807) is 19.2 Å². The Morgan fingerprint density at radius 1 is 1.19 bits per heavy atom. The maximum absolute atomic E-state index is 12.5. The molecule has 0 bridgehead atoms. The summed E-state index contributed by atoms with van der Waals surface area (Å²) in [6, 6.07) is 12.2. The summed E-state index contributed by atoms with van der Waals surface area (Å²) in [5, 5.41) is 29.3. The third-order valence-corrected chi connectivity index (χ3v) is 5.44. The van der Waals surface area contributed by atoms with Crippen LogP contribution in [0.25, 0.3) is 0 Å². The highest BCUT2D eigenvalue weighted by Crippen LogP contribution is 2.26. The Hall–Kier alpha value is -2.80. The van der Waals surface area contributed by atoms with E-state index in [1.165, 1.54) is 41.7 Å². The molecule has 0 radical (unpaired) electrons. The molecule has 0 amide bonds. The first kappa shape index (κ1) is 19.5. The minimum atomic E-state index is -3.62. The van der Waals surface area contributed by atoms with Gasteiger partial charge in [-0.25, -0.2) is 8.42 Å². The lowest BCUT2D eigenvalue weighted by atomic mass is 10.2. The lowest BCUT2D eigenvalue weighted by Crippen LogP contribution is -2.32. The summed E-state index contributed by atoms with van der Waals surface area (Å²) in [5.41, 5.74) is 0.822. The molecule has 0 aromatic heterocycles. The minimum absolute atomic E-state index is 0.0870. The number of phenols is 1. The molecule has 0 unspecified atom stereocenters. The number of nitrogens with one attached hydrogen (secondary N) is 1. The number of rotatable bonds is 7. The molecule has 2 aromatic carbocycles. The van der Waals surface area contributed by atoms with Crippen molar-refractivity contribution in [2.75, 3.05) is 27.2 Å². The zero-order valence-corrected chi connectivity index (χ0v) is 15.2. The van der Waals surface area contributed by atoms with Crippen LogP contribution in [0.3, 0.4) is 0 Å². The fourth-order valence-electron chi connectivity index (χ4n) is 2.07. The van der Waals surface area contributed by atoms with Crippen molar-refractivity contribution in [3.8, 4) is 11.8 Å². The molecule has 0 heterocycles. The molecule has 2 aromatic rings. The molecule has 8 nitrogen and oxygen atoms in total. The molecule has 2 N–H and O–H groups in total. The van der Waals surface area contributed by atoms with Crippen molar-refractivity contribution in [2.24, 2.45) is 10.2 Å². The number of benzene rings is 2. The number of hydrogen-bond donors (Lipinski definition) is 2. The van der Waals surface area contributed by atoms with Crippen molar-refractivity contribution >= 4 is 21.4 Å². The van der Waals surface area contributed by atoms with Gasteiger partial charge >= 0.3 is 0 Å². The Morgan fingerprint density at radius 3 is 2.54 bits per heavy atom. The van der Waals surface area contributed by atoms with Gasteiger partial charge in [-0.2, -0.15) is 19.8 Å². The predicted octanol–water partition coefficient (Wildman–Crippen LogP) is 2.52. The highest BCUT2D eigenvalue weighted by Gasteiger charge is 2.20. The van der Waals surface area contributed by atoms with Crippen molar-refractivity contribution < 1.29 is 13.5 Å². The molecule has 0 saturated carbocycles. The second-order valence-electron chi connectivity index (χ2n) is 5.44. The van der Waals surface area contributed by atoms with E-state index >= 15 is 0 Å². The van der Waals surface area contributed by atoms with E-state index in [0.29, 0.717) is 24.5 Å². The van der Waals surface area contributed by atoms with Crippen molar-refractivity contribution in [3.63, 3.8) is 0 Å². The summed E-state index contributed by atoms with van der Waals surface area (Å²) in [6.07, 6.45) is 0. The molecular weight excluding hydrogens is 354 g/mol. The third-order valence-electron chi connectivity index (χ3n) is 3.58. The predicted molar refractivity (Wildman–Crippen MR) is 97.2 cm³/mol. The number of nitrogens with zero attached hydrogens (tertiary/aromatic N) is 4. The number of sulfonamides is 1.